The van der Waals surface area contributed by atoms with Crippen molar-refractivity contribution in [2.45, 2.75) is 246 Å². The quantitative estimate of drug-likeness (QED) is 0.0903. The van der Waals surface area contributed by atoms with Crippen LogP contribution in [0.1, 0.15) is 6.92 Å². The highest BCUT2D eigenvalue weighted by molar-refractivity contribution is 5.01. The van der Waals surface area contributed by atoms with Gasteiger partial charge in [0, 0.05) is 0 Å². The Labute approximate surface area is 497 Å². The van der Waals surface area contributed by atoms with E-state index >= 15 is 0 Å². The highest BCUT2D eigenvalue weighted by Gasteiger charge is 2.59. The van der Waals surface area contributed by atoms with Crippen molar-refractivity contribution in [1.29, 1.82) is 0 Å². The third-order valence-corrected chi connectivity index (χ3v) is 16.5. The second kappa shape index (κ2) is 31.3. The summed E-state index contributed by atoms with van der Waals surface area (Å²) >= 11 is 0. The molecule has 0 amide bonds. The molecule has 88 heavy (non-hydrogen) atoms. The fourth-order valence-electron chi connectivity index (χ4n) is 11.4. The maximum absolute atomic E-state index is 11.4. The summed E-state index contributed by atoms with van der Waals surface area (Å²) in [6.07, 6.45) is -80.4. The minimum absolute atomic E-state index is 1.03. The summed E-state index contributed by atoms with van der Waals surface area (Å²) in [7, 11) is 0. The van der Waals surface area contributed by atoms with Crippen LogP contribution in [0.25, 0.3) is 0 Å². The molecule has 0 aromatic rings. The van der Waals surface area contributed by atoms with Crippen LogP contribution in [-0.2, 0) is 76.1 Å². The minimum Gasteiger partial charge on any atom is -0.394 e. The van der Waals surface area contributed by atoms with Gasteiger partial charge in [0.05, 0.1) is 59.0 Å². The molecule has 0 radical (unpaired) electrons. The van der Waals surface area contributed by atoms with Crippen LogP contribution in [-0.4, -0.2) is 415 Å². The molecule has 0 aromatic carbocycles. The van der Waals surface area contributed by atoms with Gasteiger partial charge >= 0.3 is 0 Å². The van der Waals surface area contributed by atoms with Gasteiger partial charge in [-0.15, -0.1) is 0 Å². The smallest absolute Gasteiger partial charge is 0.187 e. The lowest BCUT2D eigenvalue weighted by Crippen LogP contribution is -2.68. The number of aliphatic hydroxyl groups is 24. The molecule has 24 N–H and O–H groups in total. The van der Waals surface area contributed by atoms with Gasteiger partial charge in [-0.25, -0.2) is 9.78 Å². The predicted octanol–water partition coefficient (Wildman–Crippen LogP) is -16.8. The van der Waals surface area contributed by atoms with Crippen molar-refractivity contribution in [3.8, 4) is 0 Å². The zero-order chi connectivity index (χ0) is 64.5. The van der Waals surface area contributed by atoms with Crippen molar-refractivity contribution >= 4 is 0 Å². The summed E-state index contributed by atoms with van der Waals surface area (Å²) in [4.78, 5) is 10.6. The summed E-state index contributed by atoms with van der Waals surface area (Å²) in [5.41, 5.74) is 0. The van der Waals surface area contributed by atoms with E-state index in [9.17, 15) is 123 Å². The molecular weight excluding hydrogens is 1220 g/mol. The van der Waals surface area contributed by atoms with Gasteiger partial charge in [-0.1, -0.05) is 0 Å². The van der Waals surface area contributed by atoms with Crippen LogP contribution in [0.15, 0.2) is 0 Å². The fraction of sp³-hybridized carbons (Fsp3) is 1.00. The Kier molecular flexibility index (Phi) is 25.7. The van der Waals surface area contributed by atoms with Gasteiger partial charge in [0.15, 0.2) is 44.0 Å². The van der Waals surface area contributed by atoms with E-state index in [0.717, 1.165) is 6.92 Å². The van der Waals surface area contributed by atoms with E-state index in [0.29, 0.717) is 0 Å². The number of hydrogen-bond acceptors (Lipinski definition) is 40. The van der Waals surface area contributed by atoms with E-state index in [4.69, 9.17) is 76.1 Å². The van der Waals surface area contributed by atoms with Crippen molar-refractivity contribution in [3.05, 3.63) is 0 Å². The lowest BCUT2D eigenvalue weighted by atomic mass is 9.95. The minimum atomic E-state index is -2.31. The first kappa shape index (κ1) is 72.2. The molecule has 18 fully saturated rings. The SMILES string of the molecule is CC(O)C(O)C1OC2OC(CO)C(OC3OC(CO)C(OC4OC(CO)C(OC5OC(CO)C(OC6OC(CO)C(OC7OC(CO)C(OC8OC(CO)C(OOC1CO)C(O)C8O)C(O)C7O)C(O)C6O)C(O)C5O)C(O)C4O)C(O)C3O)C(O)C2O. The highest BCUT2D eigenvalue weighted by atomic mass is 17.2. The average Bonchev–Trinajstić information content (AvgIpc) is 2.86. The van der Waals surface area contributed by atoms with Crippen LogP contribution in [0.4, 0.5) is 0 Å². The second-order valence-electron chi connectivity index (χ2n) is 22.3. The molecule has 18 heterocycles. The van der Waals surface area contributed by atoms with Gasteiger partial charge in [-0.2, -0.15) is 0 Å². The first-order valence-corrected chi connectivity index (χ1v) is 28.1. The van der Waals surface area contributed by atoms with Gasteiger partial charge in [0.2, 0.25) is 0 Å². The molecule has 14 bridgehead atoms. The van der Waals surface area contributed by atoms with Crippen LogP contribution in [0.2, 0.25) is 0 Å². The summed E-state index contributed by atoms with van der Waals surface area (Å²) in [6, 6.07) is 0. The predicted molar refractivity (Wildman–Crippen MR) is 263 cm³/mol. The largest absolute Gasteiger partial charge is 0.394 e. The fourth-order valence-corrected chi connectivity index (χ4v) is 11.4. The average molecular weight is 1300 g/mol. The number of rotatable bonds is 10. The zero-order valence-corrected chi connectivity index (χ0v) is 46.4. The van der Waals surface area contributed by atoms with Gasteiger partial charge in [0.25, 0.3) is 0 Å². The zero-order valence-electron chi connectivity index (χ0n) is 46.4. The summed E-state index contributed by atoms with van der Waals surface area (Å²) in [6.45, 7) is -7.85. The van der Waals surface area contributed by atoms with Crippen LogP contribution >= 0.6 is 0 Å². The molecule has 40 heteroatoms. The van der Waals surface area contributed by atoms with Gasteiger partial charge in [0.1, 0.15) is 189 Å². The second-order valence-corrected chi connectivity index (χ2v) is 22.3. The van der Waals surface area contributed by atoms with Crippen molar-refractivity contribution in [3.63, 3.8) is 0 Å². The van der Waals surface area contributed by atoms with Gasteiger partial charge in [-0.3, -0.25) is 0 Å². The van der Waals surface area contributed by atoms with Crippen LogP contribution in [0.3, 0.4) is 0 Å². The van der Waals surface area contributed by atoms with E-state index < -0.39 is 292 Å². The summed E-state index contributed by atoms with van der Waals surface area (Å²) < 4.78 is 79.6. The molecular formula is C48H82O40. The van der Waals surface area contributed by atoms with E-state index in [2.05, 4.69) is 0 Å². The Bertz CT molecular complexity index is 2080. The Morgan fingerprint density at radius 3 is 0.602 bits per heavy atom. The molecule has 0 spiro atoms. The lowest BCUT2D eigenvalue weighted by Gasteiger charge is -2.50. The number of ether oxygens (including phenoxy) is 14. The molecule has 18 aliphatic heterocycles. The van der Waals surface area contributed by atoms with Gasteiger partial charge < -0.3 is 189 Å². The van der Waals surface area contributed by atoms with E-state index in [1.54, 1.807) is 0 Å². The topological polar surface area (TPSA) is 633 Å². The normalized spacial score (nSPS) is 52.9. The summed E-state index contributed by atoms with van der Waals surface area (Å²) in [5.74, 6) is 0. The summed E-state index contributed by atoms with van der Waals surface area (Å²) in [5, 5.41) is 264. The molecule has 39 atom stereocenters. The molecule has 18 aliphatic rings. The van der Waals surface area contributed by atoms with Crippen molar-refractivity contribution < 1.29 is 199 Å². The number of aliphatic hydroxyl groups excluding tert-OH is 24. The molecule has 514 valence electrons. The Balaban J connectivity index is 1.07. The van der Waals surface area contributed by atoms with Crippen molar-refractivity contribution in [2.75, 3.05) is 52.9 Å². The van der Waals surface area contributed by atoms with Gasteiger partial charge in [-0.05, 0) is 6.92 Å². The van der Waals surface area contributed by atoms with E-state index in [-0.39, 0.29) is 0 Å². The Hall–Kier alpha value is -1.60. The number of hydrogen-bond donors (Lipinski definition) is 24. The number of fused-ring (bicyclic) bond motifs is 1. The molecule has 18 saturated heterocycles. The maximum Gasteiger partial charge on any atom is 0.187 e. The first-order chi connectivity index (χ1) is 41.8. The molecule has 40 nitrogen and oxygen atoms in total. The van der Waals surface area contributed by atoms with E-state index in [1.165, 1.54) is 0 Å². The van der Waals surface area contributed by atoms with Crippen LogP contribution in [0, 0.1) is 0 Å². The third-order valence-electron chi connectivity index (χ3n) is 16.5. The third kappa shape index (κ3) is 14.8. The maximum atomic E-state index is 11.4. The van der Waals surface area contributed by atoms with Crippen LogP contribution in [0.5, 0.6) is 0 Å². The molecule has 39 unspecified atom stereocenters. The lowest BCUT2D eigenvalue weighted by molar-refractivity contribution is -0.434. The van der Waals surface area contributed by atoms with Crippen molar-refractivity contribution in [2.24, 2.45) is 0 Å². The highest BCUT2D eigenvalue weighted by Crippen LogP contribution is 2.39. The van der Waals surface area contributed by atoms with Crippen molar-refractivity contribution in [1.82, 2.24) is 0 Å². The molecule has 0 saturated carbocycles. The standard InChI is InChI=1S/C48H82O40/c1-10(57)19(58)40-18(9-56)87-88-41-17(8-55)79-48(33(72)26(41)65)85-39-15(6-53)77-46(31(70)24(39)63)83-37-13(4-51)75-44(29(68)22(37)61)81-35-11(2-49)73-42(27(66)20(35)59)80-34-12(3-50)74-43(28(67)21(34)60)82-36-14(5-52)76-45(30(69)23(36)62)84-38-16(7-54)78-47(86-40)32(71)25(38)64/h10-72H,2-9H2,1H3. The first-order valence-electron chi connectivity index (χ1n) is 28.1. The van der Waals surface area contributed by atoms with Crippen LogP contribution < -0.4 is 0 Å². The monoisotopic (exact) mass is 1300 g/mol. The molecule has 0 aliphatic carbocycles. The molecule has 18 rings (SSSR count). The Morgan fingerprint density at radius 2 is 0.409 bits per heavy atom. The van der Waals surface area contributed by atoms with E-state index in [1.807, 2.05) is 0 Å². The molecule has 0 aromatic heterocycles. The Morgan fingerprint density at radius 1 is 0.227 bits per heavy atom.